The first-order chi connectivity index (χ1) is 8.06. The van der Waals surface area contributed by atoms with Crippen molar-refractivity contribution in [3.8, 4) is 5.75 Å². The first-order valence-electron chi connectivity index (χ1n) is 6.19. The number of aryl methyl sites for hydroxylation is 2. The van der Waals surface area contributed by atoms with E-state index < -0.39 is 6.10 Å². The van der Waals surface area contributed by atoms with Crippen LogP contribution in [0.5, 0.6) is 5.75 Å². The number of rotatable bonds is 6. The van der Waals surface area contributed by atoms with Crippen molar-refractivity contribution in [2.75, 3.05) is 6.61 Å². The van der Waals surface area contributed by atoms with Gasteiger partial charge in [-0.3, -0.25) is 0 Å². The summed E-state index contributed by atoms with van der Waals surface area (Å²) in [6, 6.07) is 5.88. The molecule has 3 heteroatoms. The molecule has 0 bridgehead atoms. The molecule has 0 aliphatic heterocycles. The number of benzene rings is 1. The van der Waals surface area contributed by atoms with Gasteiger partial charge in [-0.2, -0.15) is 0 Å². The number of aliphatic hydroxyl groups excluding tert-OH is 1. The molecule has 96 valence electrons. The topological polar surface area (TPSA) is 55.5 Å². The van der Waals surface area contributed by atoms with E-state index in [1.807, 2.05) is 39.0 Å². The van der Waals surface area contributed by atoms with Crippen molar-refractivity contribution in [2.45, 2.75) is 45.8 Å². The first-order valence-corrected chi connectivity index (χ1v) is 6.19. The lowest BCUT2D eigenvalue weighted by molar-refractivity contribution is 0.127. The maximum atomic E-state index is 9.55. The van der Waals surface area contributed by atoms with Gasteiger partial charge in [-0.05, 0) is 37.8 Å². The lowest BCUT2D eigenvalue weighted by atomic mass is 10.1. The summed E-state index contributed by atoms with van der Waals surface area (Å²) in [5, 5.41) is 9.55. The molecule has 1 rings (SSSR count). The zero-order valence-corrected chi connectivity index (χ0v) is 10.9. The highest BCUT2D eigenvalue weighted by Gasteiger charge is 2.12. The fraction of sp³-hybridized carbons (Fsp3) is 0.571. The molecule has 3 N–H and O–H groups in total. The van der Waals surface area contributed by atoms with Crippen LogP contribution in [0.4, 0.5) is 0 Å². The van der Waals surface area contributed by atoms with Gasteiger partial charge in [0.15, 0.2) is 0 Å². The lowest BCUT2D eigenvalue weighted by Crippen LogP contribution is -2.35. The van der Waals surface area contributed by atoms with Gasteiger partial charge in [0.05, 0.1) is 12.7 Å². The minimum atomic E-state index is -0.434. The molecule has 3 nitrogen and oxygen atoms in total. The second-order valence-electron chi connectivity index (χ2n) is 4.50. The minimum absolute atomic E-state index is 0.204. The molecule has 0 aliphatic carbocycles. The third kappa shape index (κ3) is 4.02. The molecule has 1 aromatic carbocycles. The third-order valence-electron chi connectivity index (χ3n) is 3.02. The summed E-state index contributed by atoms with van der Waals surface area (Å²) < 4.78 is 5.74. The van der Waals surface area contributed by atoms with Crippen molar-refractivity contribution in [3.63, 3.8) is 0 Å². The largest absolute Gasteiger partial charge is 0.493 e. The van der Waals surface area contributed by atoms with Crippen molar-refractivity contribution in [2.24, 2.45) is 5.73 Å². The lowest BCUT2D eigenvalue weighted by Gasteiger charge is -2.18. The van der Waals surface area contributed by atoms with Crippen LogP contribution in [0.15, 0.2) is 18.2 Å². The van der Waals surface area contributed by atoms with E-state index in [-0.39, 0.29) is 6.04 Å². The number of hydrogen-bond donors (Lipinski definition) is 2. The van der Waals surface area contributed by atoms with E-state index in [1.165, 1.54) is 0 Å². The predicted molar refractivity (Wildman–Crippen MR) is 70.3 cm³/mol. The Bertz CT molecular complexity index is 332. The molecule has 2 atom stereocenters. The van der Waals surface area contributed by atoms with Crippen molar-refractivity contribution in [3.05, 3.63) is 29.3 Å². The average Bonchev–Trinajstić information content (AvgIpc) is 2.31. The van der Waals surface area contributed by atoms with Crippen molar-refractivity contribution in [1.82, 2.24) is 0 Å². The Balaban J connectivity index is 2.46. The monoisotopic (exact) mass is 237 g/mol. The highest BCUT2D eigenvalue weighted by molar-refractivity contribution is 5.39. The van der Waals surface area contributed by atoms with Gasteiger partial charge in [-0.25, -0.2) is 0 Å². The van der Waals surface area contributed by atoms with Gasteiger partial charge in [-0.1, -0.05) is 25.1 Å². The molecule has 0 saturated heterocycles. The molecule has 1 aromatic rings. The van der Waals surface area contributed by atoms with Gasteiger partial charge in [0.25, 0.3) is 0 Å². The maximum absolute atomic E-state index is 9.55. The summed E-state index contributed by atoms with van der Waals surface area (Å²) in [7, 11) is 0. The Kier molecular flexibility index (Phi) is 5.45. The summed E-state index contributed by atoms with van der Waals surface area (Å²) in [5.41, 5.74) is 8.11. The summed E-state index contributed by atoms with van der Waals surface area (Å²) >= 11 is 0. The fourth-order valence-corrected chi connectivity index (χ4v) is 1.82. The molecule has 2 unspecified atom stereocenters. The molecule has 0 aliphatic rings. The molecule has 0 radical (unpaired) electrons. The van der Waals surface area contributed by atoms with Crippen LogP contribution in [0.3, 0.4) is 0 Å². The van der Waals surface area contributed by atoms with Crippen LogP contribution >= 0.6 is 0 Å². The Labute approximate surface area is 104 Å². The highest BCUT2D eigenvalue weighted by Crippen LogP contribution is 2.22. The average molecular weight is 237 g/mol. The number of aliphatic hydroxyl groups is 1. The maximum Gasteiger partial charge on any atom is 0.125 e. The van der Waals surface area contributed by atoms with Gasteiger partial charge in [0, 0.05) is 6.04 Å². The third-order valence-corrected chi connectivity index (χ3v) is 3.02. The van der Waals surface area contributed by atoms with E-state index in [4.69, 9.17) is 10.5 Å². The normalized spacial score (nSPS) is 14.4. The number of ether oxygens (including phenoxy) is 1. The van der Waals surface area contributed by atoms with Crippen LogP contribution < -0.4 is 10.5 Å². The molecule has 17 heavy (non-hydrogen) atoms. The fourth-order valence-electron chi connectivity index (χ4n) is 1.82. The van der Waals surface area contributed by atoms with Crippen molar-refractivity contribution in [1.29, 1.82) is 0 Å². The highest BCUT2D eigenvalue weighted by atomic mass is 16.5. The molecule has 0 spiro atoms. The second kappa shape index (κ2) is 6.62. The SMILES string of the molecule is CCC(O)C(N)CCOc1c(C)cccc1C. The summed E-state index contributed by atoms with van der Waals surface area (Å²) in [5.74, 6) is 0.936. The van der Waals surface area contributed by atoms with E-state index in [9.17, 15) is 5.11 Å². The molecule has 0 amide bonds. The Morgan fingerprint density at radius 1 is 1.29 bits per heavy atom. The number of para-hydroxylation sites is 1. The van der Waals surface area contributed by atoms with Crippen LogP contribution in [0.1, 0.15) is 30.9 Å². The summed E-state index contributed by atoms with van der Waals surface area (Å²) in [4.78, 5) is 0. The Hall–Kier alpha value is -1.06. The number of hydrogen-bond acceptors (Lipinski definition) is 3. The van der Waals surface area contributed by atoms with Crippen LogP contribution in [-0.2, 0) is 0 Å². The van der Waals surface area contributed by atoms with Crippen molar-refractivity contribution >= 4 is 0 Å². The molecule has 0 fully saturated rings. The van der Waals surface area contributed by atoms with E-state index in [2.05, 4.69) is 0 Å². The molecular formula is C14H23NO2. The zero-order valence-electron chi connectivity index (χ0n) is 10.9. The summed E-state index contributed by atoms with van der Waals surface area (Å²) in [6.07, 6.45) is 0.921. The van der Waals surface area contributed by atoms with E-state index in [0.717, 1.165) is 16.9 Å². The summed E-state index contributed by atoms with van der Waals surface area (Å²) in [6.45, 7) is 6.53. The van der Waals surface area contributed by atoms with Gasteiger partial charge < -0.3 is 15.6 Å². The zero-order chi connectivity index (χ0) is 12.8. The Morgan fingerprint density at radius 2 is 1.88 bits per heavy atom. The quantitative estimate of drug-likeness (QED) is 0.797. The molecular weight excluding hydrogens is 214 g/mol. The van der Waals surface area contributed by atoms with E-state index in [1.54, 1.807) is 0 Å². The minimum Gasteiger partial charge on any atom is -0.493 e. The second-order valence-corrected chi connectivity index (χ2v) is 4.50. The van der Waals surface area contributed by atoms with Crippen LogP contribution in [0.2, 0.25) is 0 Å². The standard InChI is InChI=1S/C14H23NO2/c1-4-13(16)12(15)8-9-17-14-10(2)6-5-7-11(14)3/h5-7,12-13,16H,4,8-9,15H2,1-3H3. The van der Waals surface area contributed by atoms with Gasteiger partial charge in [0.1, 0.15) is 5.75 Å². The Morgan fingerprint density at radius 3 is 2.41 bits per heavy atom. The predicted octanol–water partition coefficient (Wildman–Crippen LogP) is 2.17. The molecule has 0 heterocycles. The first kappa shape index (κ1) is 14.0. The van der Waals surface area contributed by atoms with E-state index in [0.29, 0.717) is 19.4 Å². The van der Waals surface area contributed by atoms with Crippen LogP contribution in [0.25, 0.3) is 0 Å². The molecule has 0 saturated carbocycles. The number of nitrogens with two attached hydrogens (primary N) is 1. The van der Waals surface area contributed by atoms with Crippen LogP contribution in [0, 0.1) is 13.8 Å². The van der Waals surface area contributed by atoms with Gasteiger partial charge >= 0.3 is 0 Å². The smallest absolute Gasteiger partial charge is 0.125 e. The molecule has 0 aromatic heterocycles. The van der Waals surface area contributed by atoms with Gasteiger partial charge in [-0.15, -0.1) is 0 Å². The van der Waals surface area contributed by atoms with Gasteiger partial charge in [0.2, 0.25) is 0 Å². The van der Waals surface area contributed by atoms with Crippen molar-refractivity contribution < 1.29 is 9.84 Å². The van der Waals surface area contributed by atoms with E-state index >= 15 is 0 Å². The van der Waals surface area contributed by atoms with Crippen LogP contribution in [-0.4, -0.2) is 23.9 Å².